The minimum Gasteiger partial charge on any atom is -0.484 e. The monoisotopic (exact) mass is 855 g/mol. The van der Waals surface area contributed by atoms with E-state index in [0.717, 1.165) is 21.6 Å². The number of aliphatic carboxylic acids is 1. The average Bonchev–Trinajstić information content (AvgIpc) is 3.84. The number of thiophene rings is 1. The van der Waals surface area contributed by atoms with Crippen LogP contribution in [0.1, 0.15) is 34.9 Å². The highest BCUT2D eigenvalue weighted by atomic mass is 32.1. The van der Waals surface area contributed by atoms with Gasteiger partial charge in [-0.05, 0) is 76.7 Å². The van der Waals surface area contributed by atoms with Gasteiger partial charge in [-0.15, -0.1) is 11.3 Å². The van der Waals surface area contributed by atoms with Gasteiger partial charge in [-0.3, -0.25) is 24.0 Å². The summed E-state index contributed by atoms with van der Waals surface area (Å²) in [5.41, 5.74) is 4.43. The van der Waals surface area contributed by atoms with E-state index in [-0.39, 0.29) is 19.3 Å². The zero-order valence-electron chi connectivity index (χ0n) is 34.4. The van der Waals surface area contributed by atoms with Crippen molar-refractivity contribution in [3.8, 4) is 16.9 Å². The number of nitrogens with zero attached hydrogens (tertiary/aromatic N) is 1. The first-order valence-corrected chi connectivity index (χ1v) is 21.1. The van der Waals surface area contributed by atoms with Gasteiger partial charge in [0.2, 0.25) is 23.6 Å². The van der Waals surface area contributed by atoms with Crippen molar-refractivity contribution < 1.29 is 38.6 Å². The number of carbonyl (C=O) groups is 6. The molecule has 0 saturated carbocycles. The molecule has 5 N–H and O–H groups in total. The van der Waals surface area contributed by atoms with Gasteiger partial charge in [0.25, 0.3) is 5.91 Å². The lowest BCUT2D eigenvalue weighted by molar-refractivity contribution is -0.149. The molecule has 3 heterocycles. The molecular formula is C48H49N5O8S. The summed E-state index contributed by atoms with van der Waals surface area (Å²) >= 11 is 1.33. The van der Waals surface area contributed by atoms with Crippen molar-refractivity contribution in [2.75, 3.05) is 13.7 Å². The van der Waals surface area contributed by atoms with E-state index in [4.69, 9.17) is 4.74 Å². The van der Waals surface area contributed by atoms with Crippen LogP contribution in [-0.2, 0) is 48.0 Å². The molecule has 0 fully saturated rings. The molecule has 320 valence electrons. The number of amides is 5. The summed E-state index contributed by atoms with van der Waals surface area (Å²) in [6, 6.07) is 30.5. The van der Waals surface area contributed by atoms with E-state index < -0.39 is 72.3 Å². The summed E-state index contributed by atoms with van der Waals surface area (Å²) < 4.78 is 5.77. The zero-order valence-corrected chi connectivity index (χ0v) is 35.2. The maximum Gasteiger partial charge on any atom is 0.326 e. The van der Waals surface area contributed by atoms with Gasteiger partial charge >= 0.3 is 5.97 Å². The van der Waals surface area contributed by atoms with Crippen LogP contribution in [0, 0.1) is 0 Å². The van der Waals surface area contributed by atoms with Crippen molar-refractivity contribution in [2.24, 2.45) is 0 Å². The predicted octanol–water partition coefficient (Wildman–Crippen LogP) is 4.81. The minimum absolute atomic E-state index is 0.00187. The fourth-order valence-electron chi connectivity index (χ4n) is 6.96. The first kappa shape index (κ1) is 44.5. The number of aryl methyl sites for hydroxylation is 1. The van der Waals surface area contributed by atoms with Crippen LogP contribution in [0.5, 0.6) is 5.75 Å². The molecule has 0 aliphatic carbocycles. The van der Waals surface area contributed by atoms with Gasteiger partial charge in [-0.2, -0.15) is 0 Å². The summed E-state index contributed by atoms with van der Waals surface area (Å²) in [6.45, 7) is 5.05. The van der Waals surface area contributed by atoms with E-state index in [0.29, 0.717) is 33.7 Å². The molecule has 1 aromatic heterocycles. The SMILES string of the molecule is C=C(c1cccs1)C1NC(=O)COc2ccc(cc2)CC(C(=O)N(C)C(C)C(=O)O)NC(=O)C(CCc2ccccc2)NC(=O)C(Cc2ccc(-c3ccccc3)cc2)NC1=O. The van der Waals surface area contributed by atoms with Crippen molar-refractivity contribution in [3.63, 3.8) is 0 Å². The van der Waals surface area contributed by atoms with Crippen LogP contribution >= 0.6 is 11.3 Å². The van der Waals surface area contributed by atoms with Crippen LogP contribution in [-0.4, -0.2) is 89.4 Å². The van der Waals surface area contributed by atoms with Crippen molar-refractivity contribution >= 4 is 52.4 Å². The number of carbonyl (C=O) groups excluding carboxylic acids is 5. The Morgan fingerprint density at radius 3 is 2.03 bits per heavy atom. The number of hydrogen-bond acceptors (Lipinski definition) is 8. The Morgan fingerprint density at radius 1 is 0.758 bits per heavy atom. The maximum atomic E-state index is 14.6. The van der Waals surface area contributed by atoms with Gasteiger partial charge in [-0.25, -0.2) is 4.79 Å². The lowest BCUT2D eigenvalue weighted by atomic mass is 9.98. The first-order valence-electron chi connectivity index (χ1n) is 20.2. The van der Waals surface area contributed by atoms with Crippen LogP contribution < -0.4 is 26.0 Å². The van der Waals surface area contributed by atoms with Crippen LogP contribution in [0.3, 0.4) is 0 Å². The molecule has 4 aromatic carbocycles. The lowest BCUT2D eigenvalue weighted by Gasteiger charge is -2.29. The summed E-state index contributed by atoms with van der Waals surface area (Å²) in [6.07, 6.45) is 0.436. The molecule has 0 saturated heterocycles. The minimum atomic E-state index is -1.31. The van der Waals surface area contributed by atoms with E-state index in [9.17, 15) is 33.9 Å². The number of carboxylic acid groups (broad SMARTS) is 1. The van der Waals surface area contributed by atoms with Crippen molar-refractivity contribution in [1.82, 2.24) is 26.2 Å². The van der Waals surface area contributed by atoms with Crippen LogP contribution in [0.4, 0.5) is 0 Å². The molecule has 5 unspecified atom stereocenters. The molecule has 7 rings (SSSR count). The Bertz CT molecular complexity index is 2360. The quantitative estimate of drug-likeness (QED) is 0.117. The van der Waals surface area contributed by atoms with Crippen LogP contribution in [0.2, 0.25) is 0 Å². The molecule has 5 aromatic rings. The van der Waals surface area contributed by atoms with Gasteiger partial charge in [0.1, 0.15) is 36.0 Å². The Kier molecular flexibility index (Phi) is 15.0. The Hall–Kier alpha value is -7.06. The van der Waals surface area contributed by atoms with E-state index in [1.807, 2.05) is 90.3 Å². The van der Waals surface area contributed by atoms with Crippen LogP contribution in [0.25, 0.3) is 16.7 Å². The van der Waals surface area contributed by atoms with Gasteiger partial charge in [0.05, 0.1) is 0 Å². The molecule has 2 aliphatic rings. The second-order valence-corrected chi connectivity index (χ2v) is 16.0. The molecule has 5 amide bonds. The highest BCUT2D eigenvalue weighted by molar-refractivity contribution is 7.11. The van der Waals surface area contributed by atoms with E-state index in [1.54, 1.807) is 36.4 Å². The van der Waals surface area contributed by atoms with Gasteiger partial charge in [0, 0.05) is 24.8 Å². The predicted molar refractivity (Wildman–Crippen MR) is 237 cm³/mol. The number of ether oxygens (including phenoxy) is 1. The van der Waals surface area contributed by atoms with E-state index in [2.05, 4.69) is 27.8 Å². The number of carboxylic acids is 1. The molecule has 13 nitrogen and oxygen atoms in total. The molecule has 14 heteroatoms. The summed E-state index contributed by atoms with van der Waals surface area (Å²) in [5.74, 6) is -4.29. The fraction of sp³-hybridized carbons (Fsp3) is 0.250. The zero-order chi connectivity index (χ0) is 44.2. The number of benzene rings is 4. The van der Waals surface area contributed by atoms with Crippen molar-refractivity contribution in [3.05, 3.63) is 155 Å². The number of fused-ring (bicyclic) bond motifs is 16. The smallest absolute Gasteiger partial charge is 0.326 e. The molecule has 62 heavy (non-hydrogen) atoms. The molecule has 2 aliphatic heterocycles. The first-order chi connectivity index (χ1) is 29.9. The second-order valence-electron chi connectivity index (χ2n) is 15.1. The number of rotatable bonds is 11. The third kappa shape index (κ3) is 11.8. The Morgan fingerprint density at radius 2 is 1.39 bits per heavy atom. The van der Waals surface area contributed by atoms with Crippen molar-refractivity contribution in [2.45, 2.75) is 62.8 Å². The van der Waals surface area contributed by atoms with Gasteiger partial charge in [-0.1, -0.05) is 110 Å². The fourth-order valence-corrected chi connectivity index (χ4v) is 7.69. The summed E-state index contributed by atoms with van der Waals surface area (Å²) in [5, 5.41) is 22.8. The third-order valence-corrected chi connectivity index (χ3v) is 11.7. The lowest BCUT2D eigenvalue weighted by Crippen LogP contribution is -2.59. The topological polar surface area (TPSA) is 183 Å². The highest BCUT2D eigenvalue weighted by Crippen LogP contribution is 2.24. The molecule has 0 radical (unpaired) electrons. The summed E-state index contributed by atoms with van der Waals surface area (Å²) in [7, 11) is 1.35. The van der Waals surface area contributed by atoms with Gasteiger partial charge < -0.3 is 36.0 Å². The molecule has 5 atom stereocenters. The number of likely N-dealkylation sites (N-methyl/N-ethyl adjacent to an activating group) is 1. The maximum absolute atomic E-state index is 14.6. The third-order valence-electron chi connectivity index (χ3n) is 10.7. The van der Waals surface area contributed by atoms with Gasteiger partial charge in [0.15, 0.2) is 6.61 Å². The normalized spacial score (nSPS) is 19.2. The Balaban J connectivity index is 1.38. The number of nitrogens with one attached hydrogen (secondary N) is 4. The Labute approximate surface area is 364 Å². The second kappa shape index (κ2) is 21.0. The largest absolute Gasteiger partial charge is 0.484 e. The van der Waals surface area contributed by atoms with Crippen LogP contribution in [0.15, 0.2) is 133 Å². The number of hydrogen-bond donors (Lipinski definition) is 5. The highest BCUT2D eigenvalue weighted by Gasteiger charge is 2.35. The van der Waals surface area contributed by atoms with Crippen molar-refractivity contribution in [1.29, 1.82) is 0 Å². The summed E-state index contributed by atoms with van der Waals surface area (Å²) in [4.78, 5) is 84.5. The average molecular weight is 856 g/mol. The van der Waals surface area contributed by atoms with E-state index >= 15 is 0 Å². The standard InChI is InChI=1S/C48H49N5O8S/c1-30(41-15-10-26-62-41)43-46(57)50-39(27-33-16-21-36(22-17-33)35-13-8-5-9-14-35)45(56)49-38(25-20-32-11-6-4-7-12-32)44(55)51-40(47(58)53(3)31(2)48(59)60)28-34-18-23-37(24-19-34)61-29-42(54)52-43/h4-19,21-24,26,31,38-40,43H,1,20,25,27-29H2,2-3H3,(H,49,56)(H,50,57)(H,51,55)(H,52,54)(H,59,60). The van der Waals surface area contributed by atoms with E-state index in [1.165, 1.54) is 25.3 Å². The molecule has 0 spiro atoms. The molecular weight excluding hydrogens is 807 g/mol. The molecule has 2 bridgehead atoms.